The van der Waals surface area contributed by atoms with Gasteiger partial charge in [-0.15, -0.1) is 0 Å². The van der Waals surface area contributed by atoms with Gasteiger partial charge < -0.3 is 0 Å². The molecule has 2 aromatic carbocycles. The van der Waals surface area contributed by atoms with E-state index in [9.17, 15) is 4.79 Å². The van der Waals surface area contributed by atoms with Crippen molar-refractivity contribution in [3.63, 3.8) is 0 Å². The summed E-state index contributed by atoms with van der Waals surface area (Å²) in [5.41, 5.74) is 2.80. The van der Waals surface area contributed by atoms with Gasteiger partial charge in [-0.05, 0) is 28.3 Å². The molecule has 0 saturated heterocycles. The molecule has 2 aromatic rings. The minimum absolute atomic E-state index is 0.465. The zero-order valence-corrected chi connectivity index (χ0v) is 9.89. The van der Waals surface area contributed by atoms with Crippen molar-refractivity contribution in [2.45, 2.75) is 0 Å². The molecule has 2 heteroatoms. The second-order valence-corrected chi connectivity index (χ2v) is 3.97. The van der Waals surface area contributed by atoms with Crippen LogP contribution in [0.4, 0.5) is 0 Å². The Morgan fingerprint density at radius 3 is 1.59 bits per heavy atom. The summed E-state index contributed by atoms with van der Waals surface area (Å²) < 4.78 is 0. The van der Waals surface area contributed by atoms with Gasteiger partial charge in [0, 0.05) is 6.08 Å². The lowest BCUT2D eigenvalue weighted by atomic mass is 9.98. The van der Waals surface area contributed by atoms with Crippen LogP contribution < -0.4 is 0 Å². The Bertz CT molecular complexity index is 488. The van der Waals surface area contributed by atoms with E-state index < -0.39 is 5.24 Å². The number of hydrogen-bond acceptors (Lipinski definition) is 1. The van der Waals surface area contributed by atoms with E-state index in [-0.39, 0.29) is 0 Å². The van der Waals surface area contributed by atoms with Crippen LogP contribution in [0.3, 0.4) is 0 Å². The van der Waals surface area contributed by atoms with Crippen LogP contribution in [0.1, 0.15) is 11.1 Å². The van der Waals surface area contributed by atoms with E-state index in [4.69, 9.17) is 11.6 Å². The van der Waals surface area contributed by atoms with Gasteiger partial charge in [-0.25, -0.2) is 0 Å². The zero-order chi connectivity index (χ0) is 12.1. The third-order valence-electron chi connectivity index (χ3n) is 2.43. The maximum absolute atomic E-state index is 11.1. The topological polar surface area (TPSA) is 17.1 Å². The summed E-state index contributed by atoms with van der Waals surface area (Å²) in [5, 5.41) is -0.465. The molecule has 0 aromatic heterocycles. The minimum Gasteiger partial charge on any atom is -0.276 e. The summed E-state index contributed by atoms with van der Waals surface area (Å²) in [7, 11) is 0. The summed E-state index contributed by atoms with van der Waals surface area (Å²) in [4.78, 5) is 11.1. The first kappa shape index (κ1) is 11.6. The van der Waals surface area contributed by atoms with Crippen LogP contribution in [0.5, 0.6) is 0 Å². The number of carbonyl (C=O) groups is 1. The van der Waals surface area contributed by atoms with Gasteiger partial charge in [-0.2, -0.15) is 0 Å². The van der Waals surface area contributed by atoms with Crippen LogP contribution in [-0.2, 0) is 4.79 Å². The molecule has 0 N–H and O–H groups in total. The van der Waals surface area contributed by atoms with Crippen molar-refractivity contribution in [1.82, 2.24) is 0 Å². The van der Waals surface area contributed by atoms with E-state index >= 15 is 0 Å². The highest BCUT2D eigenvalue weighted by molar-refractivity contribution is 6.67. The van der Waals surface area contributed by atoms with Crippen molar-refractivity contribution >= 4 is 22.4 Å². The van der Waals surface area contributed by atoms with E-state index in [2.05, 4.69) is 0 Å². The predicted octanol–water partition coefficient (Wildman–Crippen LogP) is 3.88. The molecule has 0 atom stereocenters. The number of carbonyl (C=O) groups excluding carboxylic acids is 1. The molecular formula is C15H11ClO. The van der Waals surface area contributed by atoms with Crippen LogP contribution in [0.2, 0.25) is 0 Å². The number of benzene rings is 2. The molecule has 17 heavy (non-hydrogen) atoms. The standard InChI is InChI=1S/C15H11ClO/c16-15(17)11-14(12-7-3-1-4-8-12)13-9-5-2-6-10-13/h1-11H. The summed E-state index contributed by atoms with van der Waals surface area (Å²) in [6.45, 7) is 0. The normalized spacial score (nSPS) is 9.71. The lowest BCUT2D eigenvalue weighted by Gasteiger charge is -2.07. The van der Waals surface area contributed by atoms with E-state index in [1.54, 1.807) is 0 Å². The molecule has 0 bridgehead atoms. The average molecular weight is 243 g/mol. The Hall–Kier alpha value is -1.86. The lowest BCUT2D eigenvalue weighted by molar-refractivity contribution is -0.107. The van der Waals surface area contributed by atoms with Crippen LogP contribution >= 0.6 is 11.6 Å². The van der Waals surface area contributed by atoms with Gasteiger partial charge in [0.15, 0.2) is 0 Å². The average Bonchev–Trinajstić information content (AvgIpc) is 2.38. The van der Waals surface area contributed by atoms with E-state index in [1.807, 2.05) is 60.7 Å². The maximum Gasteiger partial charge on any atom is 0.245 e. The Morgan fingerprint density at radius 1 is 0.824 bits per heavy atom. The van der Waals surface area contributed by atoms with Gasteiger partial charge in [0.25, 0.3) is 0 Å². The number of rotatable bonds is 3. The summed E-state index contributed by atoms with van der Waals surface area (Å²) in [6, 6.07) is 19.4. The smallest absolute Gasteiger partial charge is 0.245 e. The Balaban J connectivity index is 2.51. The van der Waals surface area contributed by atoms with Crippen LogP contribution in [0, 0.1) is 0 Å². The molecule has 0 aliphatic carbocycles. The van der Waals surface area contributed by atoms with Crippen molar-refractivity contribution in [3.8, 4) is 0 Å². The van der Waals surface area contributed by atoms with Gasteiger partial charge in [-0.1, -0.05) is 60.7 Å². The number of halogens is 1. The molecule has 1 nitrogen and oxygen atoms in total. The van der Waals surface area contributed by atoms with Crippen molar-refractivity contribution in [2.75, 3.05) is 0 Å². The number of allylic oxidation sites excluding steroid dienone is 1. The van der Waals surface area contributed by atoms with Crippen LogP contribution in [0.25, 0.3) is 5.57 Å². The van der Waals surface area contributed by atoms with E-state index in [0.29, 0.717) is 0 Å². The molecule has 0 spiro atoms. The fraction of sp³-hybridized carbons (Fsp3) is 0. The van der Waals surface area contributed by atoms with Gasteiger partial charge in [0.05, 0.1) is 0 Å². The maximum atomic E-state index is 11.1. The second-order valence-electron chi connectivity index (χ2n) is 3.59. The highest BCUT2D eigenvalue weighted by Gasteiger charge is 2.05. The zero-order valence-electron chi connectivity index (χ0n) is 9.14. The third-order valence-corrected chi connectivity index (χ3v) is 2.54. The van der Waals surface area contributed by atoms with Crippen molar-refractivity contribution < 1.29 is 4.79 Å². The first-order valence-corrected chi connectivity index (χ1v) is 5.67. The first-order chi connectivity index (χ1) is 8.27. The SMILES string of the molecule is O=C(Cl)C=C(c1ccccc1)c1ccccc1. The molecule has 0 fully saturated rings. The molecule has 0 radical (unpaired) electrons. The lowest BCUT2D eigenvalue weighted by Crippen LogP contribution is -1.90. The number of hydrogen-bond donors (Lipinski definition) is 0. The van der Waals surface area contributed by atoms with E-state index in [1.165, 1.54) is 6.08 Å². The molecular weight excluding hydrogens is 232 g/mol. The predicted molar refractivity (Wildman–Crippen MR) is 70.8 cm³/mol. The molecule has 0 saturated carbocycles. The van der Waals surface area contributed by atoms with Gasteiger partial charge in [0.1, 0.15) is 0 Å². The Kier molecular flexibility index (Phi) is 3.73. The van der Waals surface area contributed by atoms with Crippen molar-refractivity contribution in [3.05, 3.63) is 77.9 Å². The van der Waals surface area contributed by atoms with Crippen molar-refractivity contribution in [2.24, 2.45) is 0 Å². The van der Waals surface area contributed by atoms with E-state index in [0.717, 1.165) is 16.7 Å². The molecule has 84 valence electrons. The Morgan fingerprint density at radius 2 is 1.24 bits per heavy atom. The molecule has 0 unspecified atom stereocenters. The second kappa shape index (κ2) is 5.46. The summed E-state index contributed by atoms with van der Waals surface area (Å²) in [5.74, 6) is 0. The first-order valence-electron chi connectivity index (χ1n) is 5.29. The molecule has 2 rings (SSSR count). The van der Waals surface area contributed by atoms with Crippen molar-refractivity contribution in [1.29, 1.82) is 0 Å². The molecule has 0 amide bonds. The monoisotopic (exact) mass is 242 g/mol. The summed E-state index contributed by atoms with van der Waals surface area (Å²) in [6.07, 6.45) is 1.45. The quantitative estimate of drug-likeness (QED) is 0.590. The van der Waals surface area contributed by atoms with Gasteiger partial charge in [0.2, 0.25) is 5.24 Å². The highest BCUT2D eigenvalue weighted by atomic mass is 35.5. The van der Waals surface area contributed by atoms with Crippen LogP contribution in [0.15, 0.2) is 66.7 Å². The van der Waals surface area contributed by atoms with Gasteiger partial charge >= 0.3 is 0 Å². The van der Waals surface area contributed by atoms with Crippen LogP contribution in [-0.4, -0.2) is 5.24 Å². The molecule has 0 aliphatic heterocycles. The highest BCUT2D eigenvalue weighted by Crippen LogP contribution is 2.23. The van der Waals surface area contributed by atoms with Gasteiger partial charge in [-0.3, -0.25) is 4.79 Å². The molecule has 0 aliphatic rings. The fourth-order valence-corrected chi connectivity index (χ4v) is 1.79. The fourth-order valence-electron chi connectivity index (χ4n) is 1.68. The Labute approximate surface area is 105 Å². The minimum atomic E-state index is -0.465. The largest absolute Gasteiger partial charge is 0.276 e. The third kappa shape index (κ3) is 3.05. The molecule has 0 heterocycles. The summed E-state index contributed by atoms with van der Waals surface area (Å²) >= 11 is 5.46.